The lowest BCUT2D eigenvalue weighted by molar-refractivity contribution is -0.384. The maximum atomic E-state index is 12.2. The van der Waals surface area contributed by atoms with Crippen molar-refractivity contribution < 1.29 is 14.5 Å². The fourth-order valence-electron chi connectivity index (χ4n) is 2.54. The number of carbonyl (C=O) groups is 1. The summed E-state index contributed by atoms with van der Waals surface area (Å²) in [4.78, 5) is 22.6. The summed E-state index contributed by atoms with van der Waals surface area (Å²) in [5.74, 6) is 0. The number of nitrogens with two attached hydrogens (primary N) is 1. The number of aromatic nitrogens is 2. The molecule has 0 aliphatic carbocycles. The first-order valence-electron chi connectivity index (χ1n) is 8.69. The second-order valence-electron chi connectivity index (χ2n) is 7.23. The molecule has 0 fully saturated rings. The van der Waals surface area contributed by atoms with Crippen LogP contribution in [0.2, 0.25) is 5.15 Å². The van der Waals surface area contributed by atoms with E-state index in [-0.39, 0.29) is 16.5 Å². The molecule has 1 heterocycles. The first-order valence-corrected chi connectivity index (χ1v) is 9.07. The number of alkyl carbamates (subject to hydrolysis) is 1. The van der Waals surface area contributed by atoms with E-state index in [1.807, 2.05) is 0 Å². The van der Waals surface area contributed by atoms with Crippen molar-refractivity contribution in [3.05, 3.63) is 57.8 Å². The van der Waals surface area contributed by atoms with Gasteiger partial charge < -0.3 is 15.8 Å². The van der Waals surface area contributed by atoms with Gasteiger partial charge in [0, 0.05) is 28.9 Å². The van der Waals surface area contributed by atoms with Gasteiger partial charge >= 0.3 is 6.09 Å². The minimum absolute atomic E-state index is 0.0946. The fourth-order valence-corrected chi connectivity index (χ4v) is 2.77. The van der Waals surface area contributed by atoms with Crippen LogP contribution < -0.4 is 11.1 Å². The highest BCUT2D eigenvalue weighted by Crippen LogP contribution is 2.32. The maximum absolute atomic E-state index is 12.2. The summed E-state index contributed by atoms with van der Waals surface area (Å²) in [5, 5.41) is 21.7. The Kier molecular flexibility index (Phi) is 6.76. The third kappa shape index (κ3) is 5.89. The molecule has 0 saturated carbocycles. The molecule has 0 radical (unpaired) electrons. The normalized spacial score (nSPS) is 12.1. The Hall–Kier alpha value is -3.20. The second kappa shape index (κ2) is 8.87. The Labute approximate surface area is 173 Å². The summed E-state index contributed by atoms with van der Waals surface area (Å²) in [5.41, 5.74) is 6.62. The van der Waals surface area contributed by atoms with Gasteiger partial charge in [-0.15, -0.1) is 16.8 Å². The average molecular weight is 420 g/mol. The number of nitro benzene ring substituents is 1. The van der Waals surface area contributed by atoms with Gasteiger partial charge in [0.05, 0.1) is 16.7 Å². The van der Waals surface area contributed by atoms with Crippen molar-refractivity contribution in [2.75, 3.05) is 5.73 Å². The minimum atomic E-state index is -0.665. The molecular weight excluding hydrogens is 398 g/mol. The number of hydrogen-bond acceptors (Lipinski definition) is 7. The number of nitrogen functional groups attached to an aromatic ring is 1. The minimum Gasteiger partial charge on any atom is -0.444 e. The Bertz CT molecular complexity index is 943. The lowest BCUT2D eigenvalue weighted by Gasteiger charge is -2.23. The lowest BCUT2D eigenvalue weighted by Crippen LogP contribution is -2.35. The number of anilines is 1. The van der Waals surface area contributed by atoms with Crippen LogP contribution in [0.1, 0.15) is 38.8 Å². The number of carbonyl (C=O) groups excluding carboxylic acids is 1. The summed E-state index contributed by atoms with van der Waals surface area (Å²) in [6.07, 6.45) is 1.37. The van der Waals surface area contributed by atoms with E-state index in [9.17, 15) is 14.9 Å². The van der Waals surface area contributed by atoms with Crippen molar-refractivity contribution in [3.8, 4) is 11.3 Å². The molecule has 0 spiro atoms. The highest BCUT2D eigenvalue weighted by Gasteiger charge is 2.23. The number of nitro groups is 1. The molecule has 3 N–H and O–H groups in total. The molecule has 0 unspecified atom stereocenters. The predicted molar refractivity (Wildman–Crippen MR) is 110 cm³/mol. The standard InChI is InChI=1S/C19H22ClN5O4/c1-5-6-15(22-18(26)29-19(2,3)4)13-10-16(23-24-17(13)20)12-8-7-11(25(27)28)9-14(12)21/h5,7-10,15H,1,6,21H2,2-4H3,(H,22,26)/t15-/m1/s1. The van der Waals surface area contributed by atoms with E-state index in [0.717, 1.165) is 0 Å². The molecule has 154 valence electrons. The van der Waals surface area contributed by atoms with E-state index in [2.05, 4.69) is 22.1 Å². The van der Waals surface area contributed by atoms with Crippen molar-refractivity contribution >= 4 is 29.1 Å². The van der Waals surface area contributed by atoms with Gasteiger partial charge in [-0.3, -0.25) is 10.1 Å². The van der Waals surface area contributed by atoms with Crippen LogP contribution in [0.3, 0.4) is 0 Å². The number of ether oxygens (including phenoxy) is 1. The van der Waals surface area contributed by atoms with Gasteiger partial charge in [0.25, 0.3) is 5.69 Å². The first-order chi connectivity index (χ1) is 13.5. The molecule has 1 aromatic carbocycles. The van der Waals surface area contributed by atoms with Gasteiger partial charge in [-0.05, 0) is 39.3 Å². The van der Waals surface area contributed by atoms with Crippen molar-refractivity contribution in [3.63, 3.8) is 0 Å². The van der Waals surface area contributed by atoms with Gasteiger partial charge in [0.15, 0.2) is 5.15 Å². The molecule has 1 amide bonds. The molecule has 0 aliphatic heterocycles. The van der Waals surface area contributed by atoms with Crippen LogP contribution >= 0.6 is 11.6 Å². The Balaban J connectivity index is 2.40. The van der Waals surface area contributed by atoms with Crippen LogP contribution in [0, 0.1) is 10.1 Å². The van der Waals surface area contributed by atoms with Crippen molar-refractivity contribution in [1.29, 1.82) is 0 Å². The molecule has 0 saturated heterocycles. The zero-order valence-corrected chi connectivity index (χ0v) is 17.1. The van der Waals surface area contributed by atoms with Gasteiger partial charge in [0.2, 0.25) is 0 Å². The molecular formula is C19H22ClN5O4. The summed E-state index contributed by atoms with van der Waals surface area (Å²) < 4.78 is 5.30. The zero-order chi connectivity index (χ0) is 21.8. The molecule has 1 atom stereocenters. The van der Waals surface area contributed by atoms with Crippen LogP contribution in [0.15, 0.2) is 36.9 Å². The summed E-state index contributed by atoms with van der Waals surface area (Å²) in [7, 11) is 0. The summed E-state index contributed by atoms with van der Waals surface area (Å²) in [6, 6.07) is 5.10. The second-order valence-corrected chi connectivity index (χ2v) is 7.59. The van der Waals surface area contributed by atoms with Gasteiger partial charge in [-0.25, -0.2) is 4.79 Å². The number of nitrogens with one attached hydrogen (secondary N) is 1. The van der Waals surface area contributed by atoms with Crippen LogP contribution in [0.5, 0.6) is 0 Å². The molecule has 1 aromatic heterocycles. The zero-order valence-electron chi connectivity index (χ0n) is 16.3. The molecule has 9 nitrogen and oxygen atoms in total. The number of hydrogen-bond donors (Lipinski definition) is 2. The largest absolute Gasteiger partial charge is 0.444 e. The van der Waals surface area contributed by atoms with Gasteiger partial charge in [-0.1, -0.05) is 17.7 Å². The van der Waals surface area contributed by atoms with Gasteiger partial charge in [0.1, 0.15) is 5.60 Å². The third-order valence-electron chi connectivity index (χ3n) is 3.77. The van der Waals surface area contributed by atoms with E-state index in [1.54, 1.807) is 32.9 Å². The number of benzene rings is 1. The van der Waals surface area contributed by atoms with Gasteiger partial charge in [-0.2, -0.15) is 0 Å². The number of nitrogens with zero attached hydrogens (tertiary/aromatic N) is 3. The van der Waals surface area contributed by atoms with E-state index in [0.29, 0.717) is 23.2 Å². The topological polar surface area (TPSA) is 133 Å². The lowest BCUT2D eigenvalue weighted by atomic mass is 10.0. The third-order valence-corrected chi connectivity index (χ3v) is 4.06. The SMILES string of the molecule is C=CC[C@@H](NC(=O)OC(C)(C)C)c1cc(-c2ccc([N+](=O)[O-])cc2N)nnc1Cl. The molecule has 10 heteroatoms. The highest BCUT2D eigenvalue weighted by atomic mass is 35.5. The molecule has 0 aliphatic rings. The maximum Gasteiger partial charge on any atom is 0.408 e. The highest BCUT2D eigenvalue weighted by molar-refractivity contribution is 6.30. The van der Waals surface area contributed by atoms with E-state index in [1.165, 1.54) is 18.2 Å². The summed E-state index contributed by atoms with van der Waals surface area (Å²) in [6.45, 7) is 8.97. The summed E-state index contributed by atoms with van der Waals surface area (Å²) >= 11 is 6.22. The Morgan fingerprint density at radius 1 is 1.41 bits per heavy atom. The number of rotatable bonds is 6. The average Bonchev–Trinajstić information content (AvgIpc) is 2.60. The Morgan fingerprint density at radius 2 is 2.10 bits per heavy atom. The molecule has 29 heavy (non-hydrogen) atoms. The Morgan fingerprint density at radius 3 is 2.66 bits per heavy atom. The smallest absolute Gasteiger partial charge is 0.408 e. The van der Waals surface area contributed by atoms with Crippen LogP contribution in [-0.4, -0.2) is 26.8 Å². The quantitative estimate of drug-likeness (QED) is 0.306. The van der Waals surface area contributed by atoms with Crippen molar-refractivity contribution in [2.45, 2.75) is 38.8 Å². The van der Waals surface area contributed by atoms with Crippen LogP contribution in [-0.2, 0) is 4.74 Å². The monoisotopic (exact) mass is 419 g/mol. The van der Waals surface area contributed by atoms with Crippen LogP contribution in [0.4, 0.5) is 16.2 Å². The predicted octanol–water partition coefficient (Wildman–Crippen LogP) is 4.43. The number of non-ortho nitro benzene ring substituents is 1. The number of amides is 1. The molecule has 2 rings (SSSR count). The number of halogens is 1. The molecule has 0 bridgehead atoms. The fraction of sp³-hybridized carbons (Fsp3) is 0.316. The van der Waals surface area contributed by atoms with E-state index < -0.39 is 22.7 Å². The first kappa shape index (κ1) is 22.1. The van der Waals surface area contributed by atoms with Crippen LogP contribution in [0.25, 0.3) is 11.3 Å². The van der Waals surface area contributed by atoms with Crippen molar-refractivity contribution in [2.24, 2.45) is 0 Å². The molecule has 2 aromatic rings. The van der Waals surface area contributed by atoms with E-state index in [4.69, 9.17) is 22.1 Å². The van der Waals surface area contributed by atoms with E-state index >= 15 is 0 Å². The van der Waals surface area contributed by atoms with Crippen molar-refractivity contribution in [1.82, 2.24) is 15.5 Å².